The van der Waals surface area contributed by atoms with Crippen molar-refractivity contribution in [2.24, 2.45) is 5.73 Å². The van der Waals surface area contributed by atoms with E-state index < -0.39 is 5.91 Å². The molecule has 3 N–H and O–H groups in total. The van der Waals surface area contributed by atoms with Crippen LogP contribution in [0.3, 0.4) is 0 Å². The number of carbonyl (C=O) groups excluding carboxylic acids is 1. The van der Waals surface area contributed by atoms with Gasteiger partial charge < -0.3 is 10.5 Å². The molecular weight excluding hydrogens is 222 g/mol. The average Bonchev–Trinajstić information content (AvgIpc) is 2.64. The van der Waals surface area contributed by atoms with Gasteiger partial charge in [-0.1, -0.05) is 6.07 Å². The SMILES string of the molecule is COCCn1[nH]c(=O)c2c(C(N)=O)cccc21. The smallest absolute Gasteiger partial charge is 0.272 e. The van der Waals surface area contributed by atoms with Crippen molar-refractivity contribution in [3.63, 3.8) is 0 Å². The van der Waals surface area contributed by atoms with Crippen LogP contribution in [0.5, 0.6) is 0 Å². The lowest BCUT2D eigenvalue weighted by Gasteiger charge is -2.03. The molecule has 0 aliphatic heterocycles. The van der Waals surface area contributed by atoms with Crippen LogP contribution in [-0.2, 0) is 11.3 Å². The van der Waals surface area contributed by atoms with Gasteiger partial charge in [0.25, 0.3) is 5.56 Å². The van der Waals surface area contributed by atoms with E-state index in [2.05, 4.69) is 5.10 Å². The zero-order valence-corrected chi connectivity index (χ0v) is 9.40. The second-order valence-corrected chi connectivity index (χ2v) is 3.65. The molecule has 2 aromatic rings. The largest absolute Gasteiger partial charge is 0.383 e. The van der Waals surface area contributed by atoms with E-state index in [1.54, 1.807) is 30.0 Å². The van der Waals surface area contributed by atoms with Gasteiger partial charge in [0, 0.05) is 7.11 Å². The zero-order chi connectivity index (χ0) is 12.4. The summed E-state index contributed by atoms with van der Waals surface area (Å²) in [5.74, 6) is -0.606. The molecule has 6 nitrogen and oxygen atoms in total. The first-order chi connectivity index (χ1) is 8.15. The third-order valence-corrected chi connectivity index (χ3v) is 2.58. The summed E-state index contributed by atoms with van der Waals surface area (Å²) in [5.41, 5.74) is 5.81. The van der Waals surface area contributed by atoms with Crippen LogP contribution in [0.25, 0.3) is 10.9 Å². The maximum atomic E-state index is 11.8. The number of aromatic amines is 1. The fraction of sp³-hybridized carbons (Fsp3) is 0.273. The summed E-state index contributed by atoms with van der Waals surface area (Å²) in [6.07, 6.45) is 0. The molecule has 0 saturated heterocycles. The van der Waals surface area contributed by atoms with E-state index in [9.17, 15) is 9.59 Å². The van der Waals surface area contributed by atoms with Crippen LogP contribution in [0.4, 0.5) is 0 Å². The normalized spacial score (nSPS) is 10.9. The number of amides is 1. The van der Waals surface area contributed by atoms with Gasteiger partial charge in [-0.05, 0) is 12.1 Å². The Bertz CT molecular complexity index is 612. The second-order valence-electron chi connectivity index (χ2n) is 3.65. The van der Waals surface area contributed by atoms with Gasteiger partial charge in [0.1, 0.15) is 0 Å². The monoisotopic (exact) mass is 235 g/mol. The van der Waals surface area contributed by atoms with Crippen LogP contribution >= 0.6 is 0 Å². The van der Waals surface area contributed by atoms with Crippen LogP contribution in [-0.4, -0.2) is 29.4 Å². The molecule has 0 atom stereocenters. The standard InChI is InChI=1S/C11H13N3O3/c1-17-6-5-14-8-4-2-3-7(10(12)15)9(8)11(16)13-14/h2-4H,5-6H2,1H3,(H2,12,15)(H,13,16). The molecule has 90 valence electrons. The van der Waals surface area contributed by atoms with E-state index in [1.165, 1.54) is 0 Å². The molecule has 17 heavy (non-hydrogen) atoms. The molecule has 0 saturated carbocycles. The number of aromatic nitrogens is 2. The van der Waals surface area contributed by atoms with Crippen molar-refractivity contribution >= 4 is 16.8 Å². The van der Waals surface area contributed by atoms with Crippen LogP contribution in [0, 0.1) is 0 Å². The molecule has 0 spiro atoms. The Morgan fingerprint density at radius 3 is 2.94 bits per heavy atom. The van der Waals surface area contributed by atoms with E-state index in [-0.39, 0.29) is 11.1 Å². The van der Waals surface area contributed by atoms with Gasteiger partial charge in [0.05, 0.1) is 29.6 Å². The van der Waals surface area contributed by atoms with Crippen molar-refractivity contribution in [1.29, 1.82) is 0 Å². The molecule has 1 aromatic carbocycles. The van der Waals surface area contributed by atoms with Crippen LogP contribution in [0.1, 0.15) is 10.4 Å². The molecule has 0 bridgehead atoms. The van der Waals surface area contributed by atoms with E-state index in [4.69, 9.17) is 10.5 Å². The fourth-order valence-electron chi connectivity index (χ4n) is 1.81. The van der Waals surface area contributed by atoms with Gasteiger partial charge in [-0.2, -0.15) is 0 Å². The lowest BCUT2D eigenvalue weighted by molar-refractivity contribution is 0.100. The number of H-pyrrole nitrogens is 1. The number of methoxy groups -OCH3 is 1. The number of fused-ring (bicyclic) bond motifs is 1. The maximum Gasteiger partial charge on any atom is 0.272 e. The lowest BCUT2D eigenvalue weighted by Crippen LogP contribution is -2.14. The zero-order valence-electron chi connectivity index (χ0n) is 9.40. The predicted octanol–water partition coefficient (Wildman–Crippen LogP) is 0.0749. The Morgan fingerprint density at radius 2 is 2.29 bits per heavy atom. The second kappa shape index (κ2) is 4.42. The molecule has 1 heterocycles. The predicted molar refractivity (Wildman–Crippen MR) is 63.0 cm³/mol. The van der Waals surface area contributed by atoms with E-state index >= 15 is 0 Å². The van der Waals surface area contributed by atoms with Crippen LogP contribution < -0.4 is 11.3 Å². The highest BCUT2D eigenvalue weighted by Crippen LogP contribution is 2.14. The van der Waals surface area contributed by atoms with Gasteiger partial charge in [-0.15, -0.1) is 0 Å². The molecule has 2 rings (SSSR count). The summed E-state index contributed by atoms with van der Waals surface area (Å²) in [4.78, 5) is 23.0. The molecule has 0 radical (unpaired) electrons. The Labute approximate surface area is 97.0 Å². The number of hydrogen-bond acceptors (Lipinski definition) is 3. The van der Waals surface area contributed by atoms with Gasteiger partial charge >= 0.3 is 0 Å². The molecule has 0 aliphatic rings. The Balaban J connectivity index is 2.64. The Kier molecular flexibility index (Phi) is 2.97. The summed E-state index contributed by atoms with van der Waals surface area (Å²) < 4.78 is 6.59. The quantitative estimate of drug-likeness (QED) is 0.786. The summed E-state index contributed by atoms with van der Waals surface area (Å²) in [7, 11) is 1.58. The van der Waals surface area contributed by atoms with Crippen molar-refractivity contribution in [3.05, 3.63) is 34.1 Å². The summed E-state index contributed by atoms with van der Waals surface area (Å²) in [5, 5.41) is 2.99. The van der Waals surface area contributed by atoms with Crippen molar-refractivity contribution in [1.82, 2.24) is 9.78 Å². The minimum absolute atomic E-state index is 0.236. The number of nitrogens with two attached hydrogens (primary N) is 1. The van der Waals surface area contributed by atoms with Crippen molar-refractivity contribution in [2.75, 3.05) is 13.7 Å². The highest BCUT2D eigenvalue weighted by Gasteiger charge is 2.13. The highest BCUT2D eigenvalue weighted by molar-refractivity contribution is 6.05. The summed E-state index contributed by atoms with van der Waals surface area (Å²) >= 11 is 0. The van der Waals surface area contributed by atoms with Gasteiger partial charge in [-0.25, -0.2) is 0 Å². The fourth-order valence-corrected chi connectivity index (χ4v) is 1.81. The van der Waals surface area contributed by atoms with E-state index in [0.717, 1.165) is 0 Å². The molecule has 0 aliphatic carbocycles. The van der Waals surface area contributed by atoms with Crippen molar-refractivity contribution in [2.45, 2.75) is 6.54 Å². The van der Waals surface area contributed by atoms with Gasteiger partial charge in [-0.3, -0.25) is 19.4 Å². The number of benzene rings is 1. The van der Waals surface area contributed by atoms with Crippen molar-refractivity contribution in [3.8, 4) is 0 Å². The lowest BCUT2D eigenvalue weighted by atomic mass is 10.1. The number of nitrogens with zero attached hydrogens (tertiary/aromatic N) is 1. The number of primary amides is 1. The number of ether oxygens (including phenoxy) is 1. The number of rotatable bonds is 4. The first-order valence-corrected chi connectivity index (χ1v) is 5.15. The van der Waals surface area contributed by atoms with Gasteiger partial charge in [0.2, 0.25) is 5.91 Å². The maximum absolute atomic E-state index is 11.8. The van der Waals surface area contributed by atoms with Crippen LogP contribution in [0.2, 0.25) is 0 Å². The molecular formula is C11H13N3O3. The Morgan fingerprint density at radius 1 is 1.53 bits per heavy atom. The molecule has 0 unspecified atom stereocenters. The number of hydrogen-bond donors (Lipinski definition) is 2. The topological polar surface area (TPSA) is 90.1 Å². The molecule has 0 fully saturated rings. The first kappa shape index (κ1) is 11.4. The molecule has 1 amide bonds. The highest BCUT2D eigenvalue weighted by atomic mass is 16.5. The third kappa shape index (κ3) is 1.94. The van der Waals surface area contributed by atoms with Gasteiger partial charge in [0.15, 0.2) is 0 Å². The number of carbonyl (C=O) groups is 1. The van der Waals surface area contributed by atoms with E-state index in [1.807, 2.05) is 0 Å². The first-order valence-electron chi connectivity index (χ1n) is 5.15. The number of nitrogens with one attached hydrogen (secondary N) is 1. The minimum Gasteiger partial charge on any atom is -0.383 e. The summed E-state index contributed by atoms with van der Waals surface area (Å²) in [6.45, 7) is 0.984. The van der Waals surface area contributed by atoms with E-state index in [0.29, 0.717) is 24.1 Å². The Hall–Kier alpha value is -2.08. The van der Waals surface area contributed by atoms with Crippen molar-refractivity contribution < 1.29 is 9.53 Å². The van der Waals surface area contributed by atoms with Crippen LogP contribution in [0.15, 0.2) is 23.0 Å². The average molecular weight is 235 g/mol. The molecule has 6 heteroatoms. The minimum atomic E-state index is -0.606. The molecule has 1 aromatic heterocycles. The third-order valence-electron chi connectivity index (χ3n) is 2.58. The summed E-state index contributed by atoms with van der Waals surface area (Å²) in [6, 6.07) is 4.99.